The standard InChI is InChI=1S/C18H29N7O2S/c1-18(2,3)27-17(26)21-15(12-6-4-7-12)13-8-5-9-25(11-13)16-23-22-14(28-16)10-20-24-19/h12-13,15H,4-11H2,1-3H3,(H,21,26). The molecule has 0 aromatic carbocycles. The van der Waals surface area contributed by atoms with E-state index in [1.165, 1.54) is 17.8 Å². The fraction of sp³-hybridized carbons (Fsp3) is 0.833. The van der Waals surface area contributed by atoms with E-state index in [4.69, 9.17) is 10.3 Å². The summed E-state index contributed by atoms with van der Waals surface area (Å²) in [6.45, 7) is 7.66. The van der Waals surface area contributed by atoms with Gasteiger partial charge in [0.1, 0.15) is 10.6 Å². The molecule has 1 aromatic heterocycles. The number of carbonyl (C=O) groups is 1. The largest absolute Gasteiger partial charge is 0.444 e. The van der Waals surface area contributed by atoms with Crippen LogP contribution in [0.4, 0.5) is 9.93 Å². The Morgan fingerprint density at radius 2 is 2.11 bits per heavy atom. The van der Waals surface area contributed by atoms with Crippen molar-refractivity contribution in [2.75, 3.05) is 18.0 Å². The van der Waals surface area contributed by atoms with Gasteiger partial charge >= 0.3 is 6.09 Å². The molecule has 1 aliphatic carbocycles. The van der Waals surface area contributed by atoms with E-state index in [-0.39, 0.29) is 18.7 Å². The van der Waals surface area contributed by atoms with Crippen LogP contribution in [0.5, 0.6) is 0 Å². The molecule has 2 fully saturated rings. The summed E-state index contributed by atoms with van der Waals surface area (Å²) in [5, 5.41) is 16.7. The second-order valence-electron chi connectivity index (χ2n) is 8.58. The van der Waals surface area contributed by atoms with Crippen molar-refractivity contribution < 1.29 is 9.53 Å². The summed E-state index contributed by atoms with van der Waals surface area (Å²) in [5.41, 5.74) is 7.96. The summed E-state index contributed by atoms with van der Waals surface area (Å²) >= 11 is 1.47. The third kappa shape index (κ3) is 5.48. The number of rotatable bonds is 6. The van der Waals surface area contributed by atoms with Gasteiger partial charge in [-0.15, -0.1) is 10.2 Å². The number of alkyl carbamates (subject to hydrolysis) is 1. The van der Waals surface area contributed by atoms with E-state index in [1.54, 1.807) is 0 Å². The lowest BCUT2D eigenvalue weighted by atomic mass is 9.73. The Balaban J connectivity index is 1.66. The SMILES string of the molecule is CC(C)(C)OC(=O)NC(C1CCC1)C1CCCN(c2nnc(CN=[N+]=[N-])s2)C1. The molecule has 1 saturated carbocycles. The molecule has 154 valence electrons. The average Bonchev–Trinajstić information content (AvgIpc) is 3.05. The molecule has 0 spiro atoms. The van der Waals surface area contributed by atoms with Crippen LogP contribution in [0.25, 0.3) is 10.4 Å². The number of aromatic nitrogens is 2. The zero-order chi connectivity index (χ0) is 20.1. The number of nitrogens with zero attached hydrogens (tertiary/aromatic N) is 6. The quantitative estimate of drug-likeness (QED) is 0.430. The number of azide groups is 1. The first kappa shape index (κ1) is 20.7. The zero-order valence-corrected chi connectivity index (χ0v) is 17.6. The van der Waals surface area contributed by atoms with Gasteiger partial charge in [-0.3, -0.25) is 0 Å². The molecule has 2 heterocycles. The molecule has 2 aliphatic rings. The van der Waals surface area contributed by atoms with E-state index < -0.39 is 5.60 Å². The van der Waals surface area contributed by atoms with Gasteiger partial charge in [0.05, 0.1) is 6.54 Å². The summed E-state index contributed by atoms with van der Waals surface area (Å²) < 4.78 is 5.51. The predicted octanol–water partition coefficient (Wildman–Crippen LogP) is 4.26. The minimum Gasteiger partial charge on any atom is -0.444 e. The van der Waals surface area contributed by atoms with Gasteiger partial charge in [-0.25, -0.2) is 4.79 Å². The molecule has 2 atom stereocenters. The fourth-order valence-corrected chi connectivity index (χ4v) is 4.66. The first-order valence-corrected chi connectivity index (χ1v) is 10.7. The first-order valence-electron chi connectivity index (χ1n) is 9.93. The van der Waals surface area contributed by atoms with Crippen LogP contribution < -0.4 is 10.2 Å². The number of nitrogens with one attached hydrogen (secondary N) is 1. The van der Waals surface area contributed by atoms with Crippen molar-refractivity contribution in [1.29, 1.82) is 0 Å². The van der Waals surface area contributed by atoms with Crippen LogP contribution in [0, 0.1) is 11.8 Å². The van der Waals surface area contributed by atoms with Crippen molar-refractivity contribution >= 4 is 22.6 Å². The maximum absolute atomic E-state index is 12.4. The van der Waals surface area contributed by atoms with Crippen molar-refractivity contribution in [2.24, 2.45) is 17.0 Å². The van der Waals surface area contributed by atoms with Crippen molar-refractivity contribution in [1.82, 2.24) is 15.5 Å². The lowest BCUT2D eigenvalue weighted by Crippen LogP contribution is -2.53. The number of piperidine rings is 1. The number of hydrogen-bond acceptors (Lipinski definition) is 7. The van der Waals surface area contributed by atoms with Crippen LogP contribution in [0.15, 0.2) is 5.11 Å². The number of ether oxygens (including phenoxy) is 1. The van der Waals surface area contributed by atoms with E-state index in [2.05, 4.69) is 30.4 Å². The minimum atomic E-state index is -0.498. The molecule has 1 saturated heterocycles. The molecule has 9 nitrogen and oxygen atoms in total. The number of carbonyl (C=O) groups excluding carboxylic acids is 1. The van der Waals surface area contributed by atoms with Gasteiger partial charge in [0.15, 0.2) is 0 Å². The number of amides is 1. The van der Waals surface area contributed by atoms with E-state index in [9.17, 15) is 4.79 Å². The van der Waals surface area contributed by atoms with Crippen LogP contribution in [-0.2, 0) is 11.3 Å². The van der Waals surface area contributed by atoms with Gasteiger partial charge in [0.25, 0.3) is 0 Å². The van der Waals surface area contributed by atoms with Crippen molar-refractivity contribution in [3.8, 4) is 0 Å². The highest BCUT2D eigenvalue weighted by molar-refractivity contribution is 7.15. The topological polar surface area (TPSA) is 116 Å². The summed E-state index contributed by atoms with van der Waals surface area (Å²) in [6.07, 6.45) is 5.35. The minimum absolute atomic E-state index is 0.127. The van der Waals surface area contributed by atoms with Gasteiger partial charge in [0, 0.05) is 24.0 Å². The summed E-state index contributed by atoms with van der Waals surface area (Å²) in [4.78, 5) is 17.4. The number of anilines is 1. The van der Waals surface area contributed by atoms with Gasteiger partial charge in [-0.1, -0.05) is 22.9 Å². The summed E-state index contributed by atoms with van der Waals surface area (Å²) in [5.74, 6) is 0.878. The zero-order valence-electron chi connectivity index (χ0n) is 16.8. The van der Waals surface area contributed by atoms with E-state index in [1.807, 2.05) is 20.8 Å². The Hall–Kier alpha value is -2.06. The van der Waals surface area contributed by atoms with Crippen molar-refractivity contribution in [3.63, 3.8) is 0 Å². The van der Waals surface area contributed by atoms with Crippen molar-refractivity contribution in [3.05, 3.63) is 15.5 Å². The molecular formula is C18H29N7O2S. The molecule has 1 amide bonds. The smallest absolute Gasteiger partial charge is 0.407 e. The molecule has 3 rings (SSSR count). The fourth-order valence-electron chi connectivity index (χ4n) is 3.87. The van der Waals surface area contributed by atoms with Crippen LogP contribution >= 0.6 is 11.3 Å². The highest BCUT2D eigenvalue weighted by Crippen LogP contribution is 2.37. The van der Waals surface area contributed by atoms with Gasteiger partial charge in [0.2, 0.25) is 5.13 Å². The Morgan fingerprint density at radius 1 is 1.36 bits per heavy atom. The molecule has 28 heavy (non-hydrogen) atoms. The third-order valence-electron chi connectivity index (χ3n) is 5.30. The highest BCUT2D eigenvalue weighted by atomic mass is 32.1. The molecule has 10 heteroatoms. The Labute approximate surface area is 169 Å². The lowest BCUT2D eigenvalue weighted by molar-refractivity contribution is 0.0418. The average molecular weight is 408 g/mol. The van der Waals surface area contributed by atoms with E-state index >= 15 is 0 Å². The molecule has 0 radical (unpaired) electrons. The Bertz CT molecular complexity index is 722. The molecule has 1 aliphatic heterocycles. The van der Waals surface area contributed by atoms with Crippen molar-refractivity contribution in [2.45, 2.75) is 71.1 Å². The lowest BCUT2D eigenvalue weighted by Gasteiger charge is -2.43. The molecule has 1 N–H and O–H groups in total. The van der Waals surface area contributed by atoms with Crippen LogP contribution in [0.1, 0.15) is 57.9 Å². The monoisotopic (exact) mass is 407 g/mol. The van der Waals surface area contributed by atoms with Gasteiger partial charge in [-0.2, -0.15) is 0 Å². The highest BCUT2D eigenvalue weighted by Gasteiger charge is 2.37. The summed E-state index contributed by atoms with van der Waals surface area (Å²) in [7, 11) is 0. The Morgan fingerprint density at radius 3 is 2.75 bits per heavy atom. The normalized spacial score (nSPS) is 21.4. The predicted molar refractivity (Wildman–Crippen MR) is 108 cm³/mol. The Kier molecular flexibility index (Phi) is 6.61. The second kappa shape index (κ2) is 8.96. The number of hydrogen-bond donors (Lipinski definition) is 1. The first-order chi connectivity index (χ1) is 13.4. The maximum Gasteiger partial charge on any atom is 0.407 e. The summed E-state index contributed by atoms with van der Waals surface area (Å²) in [6, 6.07) is 0.127. The molecular weight excluding hydrogens is 378 g/mol. The maximum atomic E-state index is 12.4. The van der Waals surface area contributed by atoms with Gasteiger partial charge in [-0.05, 0) is 63.8 Å². The third-order valence-corrected chi connectivity index (χ3v) is 6.27. The molecule has 0 bridgehead atoms. The van der Waals surface area contributed by atoms with E-state index in [0.717, 1.165) is 48.9 Å². The molecule has 2 unspecified atom stereocenters. The molecule has 1 aromatic rings. The second-order valence-corrected chi connectivity index (χ2v) is 9.62. The van der Waals surface area contributed by atoms with Crippen LogP contribution in [0.3, 0.4) is 0 Å². The van der Waals surface area contributed by atoms with Crippen LogP contribution in [0.2, 0.25) is 0 Å². The van der Waals surface area contributed by atoms with Crippen LogP contribution in [-0.4, -0.2) is 41.0 Å². The van der Waals surface area contributed by atoms with Gasteiger partial charge < -0.3 is 15.0 Å². The van der Waals surface area contributed by atoms with E-state index in [0.29, 0.717) is 11.8 Å².